The van der Waals surface area contributed by atoms with Gasteiger partial charge in [-0.05, 0) is 57.6 Å². The normalized spacial score (nSPS) is 24.0. The molecule has 4 rings (SSSR count). The first-order valence-electron chi connectivity index (χ1n) is 12.2. The van der Waals surface area contributed by atoms with Crippen molar-refractivity contribution in [2.45, 2.75) is 69.1 Å². The quantitative estimate of drug-likeness (QED) is 0.238. The number of amides is 1. The van der Waals surface area contributed by atoms with Gasteiger partial charge < -0.3 is 20.3 Å². The molecule has 3 aliphatic rings. The van der Waals surface area contributed by atoms with E-state index in [4.69, 9.17) is 4.74 Å². The first-order valence-corrected chi connectivity index (χ1v) is 12.2. The van der Waals surface area contributed by atoms with E-state index in [0.717, 1.165) is 69.9 Å². The number of rotatable bonds is 6. The highest BCUT2D eigenvalue weighted by molar-refractivity contribution is 14.0. The highest BCUT2D eigenvalue weighted by atomic mass is 127. The Morgan fingerprint density at radius 2 is 2.00 bits per heavy atom. The number of nitrogens with zero attached hydrogens (tertiary/aromatic N) is 3. The van der Waals surface area contributed by atoms with Crippen LogP contribution in [-0.2, 0) is 4.79 Å². The van der Waals surface area contributed by atoms with E-state index in [1.54, 1.807) is 4.90 Å². The van der Waals surface area contributed by atoms with Crippen LogP contribution in [0.4, 0.5) is 0 Å². The van der Waals surface area contributed by atoms with Crippen LogP contribution in [0.1, 0.15) is 63.0 Å². The van der Waals surface area contributed by atoms with Crippen LogP contribution < -0.4 is 15.4 Å². The van der Waals surface area contributed by atoms with E-state index in [1.165, 1.54) is 18.4 Å². The van der Waals surface area contributed by atoms with Crippen LogP contribution in [0.5, 0.6) is 5.75 Å². The fourth-order valence-electron chi connectivity index (χ4n) is 5.59. The molecule has 184 valence electrons. The maximum Gasteiger partial charge on any atom is 0.239 e. The van der Waals surface area contributed by atoms with Crippen LogP contribution in [0, 0.1) is 0 Å². The van der Waals surface area contributed by atoms with Crippen molar-refractivity contribution in [3.05, 3.63) is 29.8 Å². The van der Waals surface area contributed by atoms with Crippen LogP contribution in [0.15, 0.2) is 29.3 Å². The predicted molar refractivity (Wildman–Crippen MR) is 143 cm³/mol. The summed E-state index contributed by atoms with van der Waals surface area (Å²) in [6.07, 6.45) is 8.79. The van der Waals surface area contributed by atoms with E-state index in [9.17, 15) is 4.79 Å². The van der Waals surface area contributed by atoms with Crippen LogP contribution in [0.25, 0.3) is 0 Å². The molecule has 8 heteroatoms. The smallest absolute Gasteiger partial charge is 0.239 e. The van der Waals surface area contributed by atoms with Crippen molar-refractivity contribution >= 4 is 35.8 Å². The lowest BCUT2D eigenvalue weighted by Gasteiger charge is -2.40. The number of likely N-dealkylation sites (tertiary alicyclic amines) is 1. The molecule has 1 aliphatic carbocycles. The monoisotopic (exact) mass is 569 g/mol. The van der Waals surface area contributed by atoms with E-state index in [0.29, 0.717) is 0 Å². The van der Waals surface area contributed by atoms with Gasteiger partial charge in [-0.3, -0.25) is 14.7 Å². The lowest BCUT2D eigenvalue weighted by Crippen LogP contribution is -2.47. The Kier molecular flexibility index (Phi) is 9.26. The summed E-state index contributed by atoms with van der Waals surface area (Å²) in [4.78, 5) is 20.9. The standard InChI is InChI=1S/C25H39N5O2.HI/c1-26-24(27-15-9-17-30-16-8-11-21(30)23(31)29(2)3)28-20-18-25(13-6-7-14-25)32-22-12-5-4-10-19(20)22;/h4-5,10,12,20-21H,6-9,11,13-18H2,1-3H3,(H2,26,27,28);1H. The number of carbonyl (C=O) groups excluding carboxylic acids is 1. The Morgan fingerprint density at radius 3 is 2.73 bits per heavy atom. The zero-order valence-corrected chi connectivity index (χ0v) is 22.6. The van der Waals surface area contributed by atoms with Crippen molar-refractivity contribution in [3.63, 3.8) is 0 Å². The fourth-order valence-corrected chi connectivity index (χ4v) is 5.59. The second kappa shape index (κ2) is 11.7. The fraction of sp³-hybridized carbons (Fsp3) is 0.680. The first-order chi connectivity index (χ1) is 15.5. The minimum atomic E-state index is -0.0331. The number of hydrogen-bond acceptors (Lipinski definition) is 4. The van der Waals surface area contributed by atoms with Gasteiger partial charge in [0.15, 0.2) is 5.96 Å². The SMILES string of the molecule is CN=C(NCCCN1CCCC1C(=O)N(C)C)NC1CC2(CCCC2)Oc2ccccc21.I. The van der Waals surface area contributed by atoms with Crippen molar-refractivity contribution in [2.75, 3.05) is 40.8 Å². The number of likely N-dealkylation sites (N-methyl/N-ethyl adjacent to an activating group) is 1. The molecule has 1 saturated carbocycles. The van der Waals surface area contributed by atoms with Gasteiger partial charge in [0.05, 0.1) is 12.1 Å². The molecule has 2 aliphatic heterocycles. The summed E-state index contributed by atoms with van der Waals surface area (Å²) < 4.78 is 6.49. The van der Waals surface area contributed by atoms with Crippen molar-refractivity contribution in [2.24, 2.45) is 4.99 Å². The molecule has 2 unspecified atom stereocenters. The van der Waals surface area contributed by atoms with Gasteiger partial charge in [0.25, 0.3) is 0 Å². The molecule has 7 nitrogen and oxygen atoms in total. The third kappa shape index (κ3) is 6.12. The molecule has 1 amide bonds. The molecule has 2 N–H and O–H groups in total. The summed E-state index contributed by atoms with van der Waals surface area (Å²) >= 11 is 0. The number of para-hydroxylation sites is 1. The number of guanidine groups is 1. The minimum absolute atomic E-state index is 0. The van der Waals surface area contributed by atoms with Gasteiger partial charge in [0, 0.05) is 46.2 Å². The van der Waals surface area contributed by atoms with Crippen LogP contribution in [0.3, 0.4) is 0 Å². The van der Waals surface area contributed by atoms with E-state index >= 15 is 0 Å². The van der Waals surface area contributed by atoms with Gasteiger partial charge in [0.1, 0.15) is 11.4 Å². The Bertz CT molecular complexity index is 825. The van der Waals surface area contributed by atoms with E-state index in [1.807, 2.05) is 21.1 Å². The number of benzene rings is 1. The molecule has 1 spiro atoms. The highest BCUT2D eigenvalue weighted by Crippen LogP contribution is 2.46. The number of hydrogen-bond donors (Lipinski definition) is 2. The van der Waals surface area contributed by atoms with Gasteiger partial charge in [0.2, 0.25) is 5.91 Å². The summed E-state index contributed by atoms with van der Waals surface area (Å²) in [5, 5.41) is 7.16. The third-order valence-electron chi connectivity index (χ3n) is 7.25. The molecule has 0 radical (unpaired) electrons. The molecular weight excluding hydrogens is 529 g/mol. The number of ether oxygens (including phenoxy) is 1. The Hall–Kier alpha value is -1.55. The summed E-state index contributed by atoms with van der Waals surface area (Å²) in [5.41, 5.74) is 1.18. The molecular formula is C25H40IN5O2. The summed E-state index contributed by atoms with van der Waals surface area (Å²) in [7, 11) is 5.53. The third-order valence-corrected chi connectivity index (χ3v) is 7.25. The van der Waals surface area contributed by atoms with Gasteiger partial charge in [-0.1, -0.05) is 18.2 Å². The van der Waals surface area contributed by atoms with Crippen LogP contribution in [-0.4, -0.2) is 74.1 Å². The van der Waals surface area contributed by atoms with Gasteiger partial charge in [-0.2, -0.15) is 0 Å². The molecule has 0 aromatic heterocycles. The van der Waals surface area contributed by atoms with Gasteiger partial charge in [-0.15, -0.1) is 24.0 Å². The number of carbonyl (C=O) groups is 1. The zero-order chi connectivity index (χ0) is 22.6. The maximum atomic E-state index is 12.4. The largest absolute Gasteiger partial charge is 0.487 e. The van der Waals surface area contributed by atoms with E-state index < -0.39 is 0 Å². The van der Waals surface area contributed by atoms with Gasteiger partial charge >= 0.3 is 0 Å². The number of halogens is 1. The van der Waals surface area contributed by atoms with Crippen molar-refractivity contribution < 1.29 is 9.53 Å². The molecule has 2 atom stereocenters. The topological polar surface area (TPSA) is 69.2 Å². The molecule has 1 saturated heterocycles. The van der Waals surface area contributed by atoms with E-state index in [2.05, 4.69) is 44.8 Å². The predicted octanol–water partition coefficient (Wildman–Crippen LogP) is 3.55. The summed E-state index contributed by atoms with van der Waals surface area (Å²) in [5.74, 6) is 2.08. The molecule has 2 heterocycles. The number of aliphatic imine (C=N–C) groups is 1. The molecule has 1 aromatic rings. The lowest BCUT2D eigenvalue weighted by atomic mass is 9.86. The molecule has 0 bridgehead atoms. The average Bonchev–Trinajstić information content (AvgIpc) is 3.44. The zero-order valence-electron chi connectivity index (χ0n) is 20.3. The minimum Gasteiger partial charge on any atom is -0.487 e. The Balaban J connectivity index is 0.00000306. The molecule has 2 fully saturated rings. The van der Waals surface area contributed by atoms with Crippen molar-refractivity contribution in [1.82, 2.24) is 20.4 Å². The number of nitrogens with one attached hydrogen (secondary N) is 2. The van der Waals surface area contributed by atoms with Crippen LogP contribution in [0.2, 0.25) is 0 Å². The average molecular weight is 570 g/mol. The Morgan fingerprint density at radius 1 is 1.24 bits per heavy atom. The first kappa shape index (κ1) is 26.1. The molecule has 1 aromatic carbocycles. The second-order valence-electron chi connectivity index (χ2n) is 9.71. The Labute approximate surface area is 215 Å². The summed E-state index contributed by atoms with van der Waals surface area (Å²) in [6.45, 7) is 2.77. The van der Waals surface area contributed by atoms with Crippen LogP contribution >= 0.6 is 24.0 Å². The maximum absolute atomic E-state index is 12.4. The second-order valence-corrected chi connectivity index (χ2v) is 9.71. The van der Waals surface area contributed by atoms with Gasteiger partial charge in [-0.25, -0.2) is 0 Å². The lowest BCUT2D eigenvalue weighted by molar-refractivity contribution is -0.133. The molecule has 33 heavy (non-hydrogen) atoms. The summed E-state index contributed by atoms with van der Waals surface area (Å²) in [6, 6.07) is 8.65. The number of fused-ring (bicyclic) bond motifs is 1. The van der Waals surface area contributed by atoms with Crippen molar-refractivity contribution in [1.29, 1.82) is 0 Å². The highest BCUT2D eigenvalue weighted by Gasteiger charge is 2.43. The van der Waals surface area contributed by atoms with E-state index in [-0.39, 0.29) is 47.6 Å². The van der Waals surface area contributed by atoms with Crippen molar-refractivity contribution in [3.8, 4) is 5.75 Å².